The summed E-state index contributed by atoms with van der Waals surface area (Å²) in [5, 5.41) is 46.7. The number of nitrogens with one attached hydrogen (secondary N) is 2. The van der Waals surface area contributed by atoms with Gasteiger partial charge >= 0.3 is 0 Å². The van der Waals surface area contributed by atoms with Crippen LogP contribution in [0.4, 0.5) is 0 Å². The highest BCUT2D eigenvalue weighted by Crippen LogP contribution is 2.34. The summed E-state index contributed by atoms with van der Waals surface area (Å²) in [5.74, 6) is -1.36. The molecule has 8 nitrogen and oxygen atoms in total. The Labute approximate surface area is 192 Å². The monoisotopic (exact) mass is 454 g/mol. The van der Waals surface area contributed by atoms with Gasteiger partial charge in [-0.3, -0.25) is 9.59 Å². The molecule has 0 saturated heterocycles. The number of hydrogen-bond donors (Lipinski definition) is 6. The summed E-state index contributed by atoms with van der Waals surface area (Å²) in [4.78, 5) is 23.8. The highest BCUT2D eigenvalue weighted by Gasteiger charge is 2.38. The second kappa shape index (κ2) is 11.8. The van der Waals surface area contributed by atoms with Crippen LogP contribution in [0, 0.1) is 5.41 Å². The van der Waals surface area contributed by atoms with E-state index in [4.69, 9.17) is 0 Å². The molecular formula is C25H30N2O6. The third-order valence-corrected chi connectivity index (χ3v) is 5.15. The number of benzene rings is 2. The van der Waals surface area contributed by atoms with Crippen molar-refractivity contribution >= 4 is 24.0 Å². The molecule has 176 valence electrons. The molecule has 33 heavy (non-hydrogen) atoms. The second-order valence-corrected chi connectivity index (χ2v) is 7.42. The highest BCUT2D eigenvalue weighted by atomic mass is 16.3. The normalized spacial score (nSPS) is 12.4. The topological polar surface area (TPSA) is 139 Å². The summed E-state index contributed by atoms with van der Waals surface area (Å²) in [6.07, 6.45) is 2.60. The Morgan fingerprint density at radius 1 is 0.727 bits per heavy atom. The highest BCUT2D eigenvalue weighted by molar-refractivity contribution is 5.94. The molecule has 2 aromatic carbocycles. The zero-order chi connectivity index (χ0) is 24.4. The summed E-state index contributed by atoms with van der Waals surface area (Å²) >= 11 is 0. The number of carbonyl (C=O) groups is 2. The molecule has 0 saturated carbocycles. The molecule has 0 aliphatic carbocycles. The molecule has 0 unspecified atom stereocenters. The van der Waals surface area contributed by atoms with Crippen molar-refractivity contribution in [3.8, 4) is 0 Å². The van der Waals surface area contributed by atoms with Gasteiger partial charge in [-0.05, 0) is 61.4 Å². The maximum atomic E-state index is 11.9. The van der Waals surface area contributed by atoms with Crippen molar-refractivity contribution in [3.63, 3.8) is 0 Å². The number of carbonyl (C=O) groups excluding carboxylic acids is 2. The van der Waals surface area contributed by atoms with Crippen LogP contribution in [-0.2, 0) is 0 Å². The van der Waals surface area contributed by atoms with Crippen LogP contribution in [0.15, 0.2) is 60.0 Å². The van der Waals surface area contributed by atoms with Crippen LogP contribution in [0.25, 0.3) is 12.2 Å². The van der Waals surface area contributed by atoms with E-state index in [0.717, 1.165) is 0 Å². The van der Waals surface area contributed by atoms with Crippen LogP contribution < -0.4 is 10.6 Å². The fourth-order valence-corrected chi connectivity index (χ4v) is 3.08. The largest absolute Gasteiger partial charge is 0.511 e. The van der Waals surface area contributed by atoms with Crippen LogP contribution in [0.2, 0.25) is 0 Å². The van der Waals surface area contributed by atoms with E-state index in [9.17, 15) is 30.0 Å². The molecule has 0 radical (unpaired) electrons. The van der Waals surface area contributed by atoms with E-state index in [1.54, 1.807) is 48.5 Å². The number of amides is 2. The Hall–Kier alpha value is -3.62. The zero-order valence-corrected chi connectivity index (χ0v) is 18.7. The fraction of sp³-hybridized carbons (Fsp3) is 0.280. The van der Waals surface area contributed by atoms with Gasteiger partial charge in [0.1, 0.15) is 16.9 Å². The lowest BCUT2D eigenvalue weighted by Gasteiger charge is -2.28. The van der Waals surface area contributed by atoms with Gasteiger partial charge in [0, 0.05) is 24.2 Å². The van der Waals surface area contributed by atoms with Gasteiger partial charge in [0.05, 0.1) is 13.2 Å². The van der Waals surface area contributed by atoms with Gasteiger partial charge in [-0.2, -0.15) is 0 Å². The lowest BCUT2D eigenvalue weighted by molar-refractivity contribution is 0.0487. The summed E-state index contributed by atoms with van der Waals surface area (Å²) in [5.41, 5.74) is 0.0684. The first-order chi connectivity index (χ1) is 15.8. The van der Waals surface area contributed by atoms with E-state index in [1.807, 2.05) is 13.8 Å². The van der Waals surface area contributed by atoms with E-state index in [0.29, 0.717) is 35.3 Å². The minimum Gasteiger partial charge on any atom is -0.511 e. The fourth-order valence-electron chi connectivity index (χ4n) is 3.08. The lowest BCUT2D eigenvalue weighted by Crippen LogP contribution is -2.34. The minimum atomic E-state index is -1.84. The molecule has 0 atom stereocenters. The van der Waals surface area contributed by atoms with Crippen LogP contribution in [0.3, 0.4) is 0 Å². The Morgan fingerprint density at radius 2 is 1.06 bits per heavy atom. The quantitative estimate of drug-likeness (QED) is 0.305. The number of rotatable bonds is 10. The van der Waals surface area contributed by atoms with Crippen molar-refractivity contribution in [2.24, 2.45) is 5.41 Å². The van der Waals surface area contributed by atoms with Crippen molar-refractivity contribution in [3.05, 3.63) is 82.3 Å². The predicted molar refractivity (Wildman–Crippen MR) is 127 cm³/mol. The maximum Gasteiger partial charge on any atom is 0.251 e. The molecule has 2 amide bonds. The van der Waals surface area contributed by atoms with Crippen molar-refractivity contribution in [1.29, 1.82) is 0 Å². The Bertz CT molecular complexity index is 927. The van der Waals surface area contributed by atoms with Crippen LogP contribution in [-0.4, -0.2) is 58.5 Å². The molecule has 8 heteroatoms. The molecule has 0 aliphatic rings. The van der Waals surface area contributed by atoms with Crippen molar-refractivity contribution < 1.29 is 30.0 Å². The number of hydrogen-bond acceptors (Lipinski definition) is 6. The average molecular weight is 455 g/mol. The number of aliphatic hydroxyl groups excluding tert-OH is 4. The van der Waals surface area contributed by atoms with Gasteiger partial charge in [0.2, 0.25) is 0 Å². The van der Waals surface area contributed by atoms with Gasteiger partial charge < -0.3 is 31.1 Å². The first kappa shape index (κ1) is 25.6. The SMILES string of the molecule is CCNC(=O)c1ccc(C=C(O)C(CO)(CO)C(O)=Cc2ccc(C(=O)NCC)cc2)cc1. The molecule has 0 heterocycles. The first-order valence-corrected chi connectivity index (χ1v) is 10.6. The van der Waals surface area contributed by atoms with Crippen LogP contribution in [0.5, 0.6) is 0 Å². The minimum absolute atomic E-state index is 0.226. The van der Waals surface area contributed by atoms with Crippen LogP contribution >= 0.6 is 0 Å². The van der Waals surface area contributed by atoms with E-state index < -0.39 is 30.1 Å². The Kier molecular flexibility index (Phi) is 9.20. The molecule has 0 fully saturated rings. The van der Waals surface area contributed by atoms with E-state index in [2.05, 4.69) is 10.6 Å². The molecule has 2 rings (SSSR count). The Morgan fingerprint density at radius 3 is 1.33 bits per heavy atom. The molecular weight excluding hydrogens is 424 g/mol. The molecule has 0 aromatic heterocycles. The second-order valence-electron chi connectivity index (χ2n) is 7.42. The lowest BCUT2D eigenvalue weighted by atomic mass is 9.83. The average Bonchev–Trinajstić information content (AvgIpc) is 2.81. The zero-order valence-electron chi connectivity index (χ0n) is 18.7. The summed E-state index contributed by atoms with van der Waals surface area (Å²) < 4.78 is 0. The number of aliphatic hydroxyl groups is 4. The van der Waals surface area contributed by atoms with Gasteiger partial charge in [-0.15, -0.1) is 0 Å². The van der Waals surface area contributed by atoms with E-state index >= 15 is 0 Å². The molecule has 2 aromatic rings. The van der Waals surface area contributed by atoms with Crippen molar-refractivity contribution in [2.75, 3.05) is 26.3 Å². The van der Waals surface area contributed by atoms with Crippen molar-refractivity contribution in [2.45, 2.75) is 13.8 Å². The predicted octanol–water partition coefficient (Wildman–Crippen LogP) is 2.66. The molecule has 0 spiro atoms. The van der Waals surface area contributed by atoms with Gasteiger partial charge in [0.25, 0.3) is 11.8 Å². The summed E-state index contributed by atoms with van der Waals surface area (Å²) in [6.45, 7) is 3.10. The summed E-state index contributed by atoms with van der Waals surface area (Å²) in [7, 11) is 0. The maximum absolute atomic E-state index is 11.9. The van der Waals surface area contributed by atoms with Crippen LogP contribution in [0.1, 0.15) is 45.7 Å². The summed E-state index contributed by atoms with van der Waals surface area (Å²) in [6, 6.07) is 12.7. The van der Waals surface area contributed by atoms with E-state index in [-0.39, 0.29) is 11.8 Å². The smallest absolute Gasteiger partial charge is 0.251 e. The van der Waals surface area contributed by atoms with Gasteiger partial charge in [-0.1, -0.05) is 24.3 Å². The van der Waals surface area contributed by atoms with Gasteiger partial charge in [-0.25, -0.2) is 0 Å². The van der Waals surface area contributed by atoms with Crippen molar-refractivity contribution in [1.82, 2.24) is 10.6 Å². The molecule has 6 N–H and O–H groups in total. The Balaban J connectivity index is 2.31. The first-order valence-electron chi connectivity index (χ1n) is 10.6. The van der Waals surface area contributed by atoms with E-state index in [1.165, 1.54) is 12.2 Å². The third kappa shape index (κ3) is 6.21. The van der Waals surface area contributed by atoms with Gasteiger partial charge in [0.15, 0.2) is 0 Å². The third-order valence-electron chi connectivity index (χ3n) is 5.15. The molecule has 0 aliphatic heterocycles. The standard InChI is InChI=1S/C25H30N2O6/c1-3-26-23(32)19-9-5-17(6-10-19)13-21(30)25(15-28,16-29)22(31)14-18-7-11-20(12-8-18)24(33)27-4-2/h5-14,28-31H,3-4,15-16H2,1-2H3,(H,26,32)(H,27,33). The molecule has 0 bridgehead atoms.